The van der Waals surface area contributed by atoms with Gasteiger partial charge in [0.15, 0.2) is 6.39 Å². The van der Waals surface area contributed by atoms with Crippen molar-refractivity contribution in [3.05, 3.63) is 18.4 Å². The van der Waals surface area contributed by atoms with Gasteiger partial charge in [0.1, 0.15) is 5.76 Å². The van der Waals surface area contributed by atoms with Gasteiger partial charge in [-0.1, -0.05) is 0 Å². The number of nitrogens with two attached hydrogens (primary N) is 1. The Morgan fingerprint density at radius 1 is 1.33 bits per heavy atom. The third kappa shape index (κ3) is 1.88. The molecule has 0 amide bonds. The van der Waals surface area contributed by atoms with Gasteiger partial charge in [-0.15, -0.1) is 0 Å². The monoisotopic (exact) mass is 216 g/mol. The van der Waals surface area contributed by atoms with Crippen molar-refractivity contribution in [1.82, 2.24) is 4.98 Å². The largest absolute Gasteiger partial charge is 0.448 e. The minimum Gasteiger partial charge on any atom is -0.448 e. The van der Waals surface area contributed by atoms with Crippen molar-refractivity contribution in [2.24, 2.45) is 5.73 Å². The molecule has 1 aliphatic carbocycles. The van der Waals surface area contributed by atoms with Crippen molar-refractivity contribution >= 4 is 0 Å². The Kier molecular flexibility index (Phi) is 2.50. The first-order valence-corrected chi connectivity index (χ1v) is 5.05. The number of hydrogen-bond donors (Lipinski definition) is 1. The van der Waals surface area contributed by atoms with Crippen LogP contribution in [-0.4, -0.2) is 17.5 Å². The molecule has 0 radical (unpaired) electrons. The molecule has 1 saturated carbocycles. The Balaban J connectivity index is 2.19. The Labute approximate surface area is 86.7 Å². The second-order valence-electron chi connectivity index (χ2n) is 4.21. The van der Waals surface area contributed by atoms with Crippen molar-refractivity contribution in [3.63, 3.8) is 0 Å². The summed E-state index contributed by atoms with van der Waals surface area (Å²) in [5.74, 6) is -1.90. The van der Waals surface area contributed by atoms with Crippen LogP contribution in [0.2, 0.25) is 0 Å². The van der Waals surface area contributed by atoms with E-state index in [1.54, 1.807) is 6.20 Å². The summed E-state index contributed by atoms with van der Waals surface area (Å²) in [4.78, 5) is 3.82. The van der Waals surface area contributed by atoms with Crippen LogP contribution in [0.25, 0.3) is 0 Å². The van der Waals surface area contributed by atoms with Crippen LogP contribution >= 0.6 is 0 Å². The number of alkyl halides is 2. The van der Waals surface area contributed by atoms with Gasteiger partial charge >= 0.3 is 0 Å². The molecule has 1 aliphatic rings. The van der Waals surface area contributed by atoms with E-state index in [0.29, 0.717) is 25.1 Å². The van der Waals surface area contributed by atoms with Crippen LogP contribution in [-0.2, 0) is 5.41 Å². The lowest BCUT2D eigenvalue weighted by atomic mass is 9.71. The summed E-state index contributed by atoms with van der Waals surface area (Å²) in [6, 6.07) is 0. The fourth-order valence-corrected chi connectivity index (χ4v) is 2.12. The first kappa shape index (κ1) is 10.5. The number of nitrogens with zero attached hydrogens (tertiary/aromatic N) is 1. The van der Waals surface area contributed by atoms with Crippen LogP contribution in [0.4, 0.5) is 8.78 Å². The number of halogens is 2. The second kappa shape index (κ2) is 3.56. The zero-order chi connectivity index (χ0) is 10.9. The molecule has 2 rings (SSSR count). The minimum atomic E-state index is -2.54. The van der Waals surface area contributed by atoms with Crippen LogP contribution in [0.5, 0.6) is 0 Å². The number of aromatic nitrogens is 1. The average Bonchev–Trinajstić information content (AvgIpc) is 2.72. The minimum absolute atomic E-state index is 0.120. The van der Waals surface area contributed by atoms with Crippen LogP contribution in [0.1, 0.15) is 31.4 Å². The summed E-state index contributed by atoms with van der Waals surface area (Å²) in [5, 5.41) is 0. The van der Waals surface area contributed by atoms with Crippen molar-refractivity contribution in [2.45, 2.75) is 37.0 Å². The summed E-state index contributed by atoms with van der Waals surface area (Å²) in [7, 11) is 0. The molecule has 0 saturated heterocycles. The number of hydrogen-bond acceptors (Lipinski definition) is 3. The van der Waals surface area contributed by atoms with Crippen LogP contribution in [0.3, 0.4) is 0 Å². The van der Waals surface area contributed by atoms with Crippen molar-refractivity contribution in [1.29, 1.82) is 0 Å². The molecule has 1 aromatic heterocycles. The molecule has 0 bridgehead atoms. The maximum absolute atomic E-state index is 13.0. The lowest BCUT2D eigenvalue weighted by Gasteiger charge is -2.37. The van der Waals surface area contributed by atoms with E-state index in [1.807, 2.05) is 0 Å². The van der Waals surface area contributed by atoms with E-state index in [1.165, 1.54) is 6.39 Å². The smallest absolute Gasteiger partial charge is 0.248 e. The van der Waals surface area contributed by atoms with Gasteiger partial charge < -0.3 is 10.2 Å². The number of oxazole rings is 1. The van der Waals surface area contributed by atoms with Gasteiger partial charge in [0.25, 0.3) is 0 Å². The maximum atomic E-state index is 13.0. The topological polar surface area (TPSA) is 52.0 Å². The van der Waals surface area contributed by atoms with E-state index in [-0.39, 0.29) is 12.8 Å². The molecule has 1 fully saturated rings. The molecule has 15 heavy (non-hydrogen) atoms. The molecule has 5 heteroatoms. The highest BCUT2D eigenvalue weighted by Crippen LogP contribution is 2.44. The summed E-state index contributed by atoms with van der Waals surface area (Å²) in [6.45, 7) is 0.332. The average molecular weight is 216 g/mol. The predicted molar refractivity (Wildman–Crippen MR) is 50.7 cm³/mol. The third-order valence-corrected chi connectivity index (χ3v) is 3.28. The molecule has 3 nitrogen and oxygen atoms in total. The Morgan fingerprint density at radius 2 is 2.00 bits per heavy atom. The van der Waals surface area contributed by atoms with E-state index in [4.69, 9.17) is 10.2 Å². The number of rotatable bonds is 2. The standard InChI is InChI=1S/C10H14F2N2O/c11-10(12)3-1-9(6-13,2-4-10)8-5-14-7-15-8/h5,7H,1-4,6,13H2. The molecule has 0 aromatic carbocycles. The lowest BCUT2D eigenvalue weighted by molar-refractivity contribution is -0.0533. The Morgan fingerprint density at radius 3 is 2.47 bits per heavy atom. The predicted octanol–water partition coefficient (Wildman–Crippen LogP) is 2.08. The lowest BCUT2D eigenvalue weighted by Crippen LogP contribution is -2.41. The zero-order valence-electron chi connectivity index (χ0n) is 8.38. The van der Waals surface area contributed by atoms with E-state index in [9.17, 15) is 8.78 Å². The first-order chi connectivity index (χ1) is 7.08. The highest BCUT2D eigenvalue weighted by Gasteiger charge is 2.45. The molecular weight excluding hydrogens is 202 g/mol. The van der Waals surface area contributed by atoms with Crippen molar-refractivity contribution in [2.75, 3.05) is 6.54 Å². The van der Waals surface area contributed by atoms with E-state index in [0.717, 1.165) is 0 Å². The summed E-state index contributed by atoms with van der Waals surface area (Å²) in [6.07, 6.45) is 3.39. The normalized spacial score (nSPS) is 23.9. The van der Waals surface area contributed by atoms with E-state index >= 15 is 0 Å². The van der Waals surface area contributed by atoms with E-state index in [2.05, 4.69) is 4.98 Å². The van der Waals surface area contributed by atoms with Crippen LogP contribution < -0.4 is 5.73 Å². The Bertz CT molecular complexity index is 314. The van der Waals surface area contributed by atoms with Crippen LogP contribution in [0, 0.1) is 0 Å². The van der Waals surface area contributed by atoms with Gasteiger partial charge in [-0.25, -0.2) is 13.8 Å². The van der Waals surface area contributed by atoms with Gasteiger partial charge in [0.2, 0.25) is 5.92 Å². The fraction of sp³-hybridized carbons (Fsp3) is 0.700. The van der Waals surface area contributed by atoms with Crippen molar-refractivity contribution < 1.29 is 13.2 Å². The molecule has 1 aromatic rings. The molecule has 0 aliphatic heterocycles. The Hall–Kier alpha value is -0.970. The zero-order valence-corrected chi connectivity index (χ0v) is 8.38. The first-order valence-electron chi connectivity index (χ1n) is 5.05. The van der Waals surface area contributed by atoms with Gasteiger partial charge in [-0.3, -0.25) is 0 Å². The van der Waals surface area contributed by atoms with Gasteiger partial charge in [-0.05, 0) is 12.8 Å². The quantitative estimate of drug-likeness (QED) is 0.823. The SMILES string of the molecule is NCC1(c2cnco2)CCC(F)(F)CC1. The third-order valence-electron chi connectivity index (χ3n) is 3.28. The molecule has 84 valence electrons. The summed E-state index contributed by atoms with van der Waals surface area (Å²) < 4.78 is 31.3. The molecule has 2 N–H and O–H groups in total. The van der Waals surface area contributed by atoms with Gasteiger partial charge in [0.05, 0.1) is 6.20 Å². The molecule has 1 heterocycles. The van der Waals surface area contributed by atoms with E-state index < -0.39 is 11.3 Å². The molecule has 0 unspecified atom stereocenters. The summed E-state index contributed by atoms with van der Waals surface area (Å²) in [5.41, 5.74) is 5.25. The summed E-state index contributed by atoms with van der Waals surface area (Å²) >= 11 is 0. The molecule has 0 spiro atoms. The van der Waals surface area contributed by atoms with Crippen LogP contribution in [0.15, 0.2) is 17.0 Å². The molecular formula is C10H14F2N2O. The second-order valence-corrected chi connectivity index (χ2v) is 4.21. The van der Waals surface area contributed by atoms with Gasteiger partial charge in [-0.2, -0.15) is 0 Å². The maximum Gasteiger partial charge on any atom is 0.248 e. The van der Waals surface area contributed by atoms with Crippen molar-refractivity contribution in [3.8, 4) is 0 Å². The highest BCUT2D eigenvalue weighted by molar-refractivity contribution is 5.13. The van der Waals surface area contributed by atoms with Gasteiger partial charge in [0, 0.05) is 24.8 Å². The fourth-order valence-electron chi connectivity index (χ4n) is 2.12. The molecule has 0 atom stereocenters. The highest BCUT2D eigenvalue weighted by atomic mass is 19.3.